The monoisotopic (exact) mass is 262 g/mol. The van der Waals surface area contributed by atoms with Crippen molar-refractivity contribution in [1.82, 2.24) is 0 Å². The summed E-state index contributed by atoms with van der Waals surface area (Å²) in [7, 11) is 0. The SMILES string of the molecule is CCCCCCCCC(C(=O)Cl)C(=O)OCC. The van der Waals surface area contributed by atoms with Crippen LogP contribution in [0, 0.1) is 5.92 Å². The molecule has 0 bridgehead atoms. The third-order valence-corrected chi connectivity index (χ3v) is 2.95. The van der Waals surface area contributed by atoms with E-state index in [0.717, 1.165) is 19.3 Å². The lowest BCUT2D eigenvalue weighted by Gasteiger charge is -2.10. The molecule has 3 nitrogen and oxygen atoms in total. The fourth-order valence-electron chi connectivity index (χ4n) is 1.70. The molecule has 0 rings (SSSR count). The Morgan fingerprint density at radius 1 is 1.06 bits per heavy atom. The number of hydrogen-bond donors (Lipinski definition) is 0. The lowest BCUT2D eigenvalue weighted by atomic mass is 10.0. The van der Waals surface area contributed by atoms with Gasteiger partial charge in [-0.1, -0.05) is 45.4 Å². The predicted molar refractivity (Wildman–Crippen MR) is 69.0 cm³/mol. The number of halogens is 1. The van der Waals surface area contributed by atoms with E-state index in [1.165, 1.54) is 19.3 Å². The lowest BCUT2D eigenvalue weighted by molar-refractivity contribution is -0.150. The van der Waals surface area contributed by atoms with Gasteiger partial charge in [-0.05, 0) is 24.9 Å². The molecule has 17 heavy (non-hydrogen) atoms. The fourth-order valence-corrected chi connectivity index (χ4v) is 1.89. The van der Waals surface area contributed by atoms with Crippen LogP contribution in [-0.4, -0.2) is 17.8 Å². The molecule has 0 aromatic rings. The summed E-state index contributed by atoms with van der Waals surface area (Å²) in [6.07, 6.45) is 7.23. The second-order valence-corrected chi connectivity index (χ2v) is 4.54. The topological polar surface area (TPSA) is 43.4 Å². The van der Waals surface area contributed by atoms with Gasteiger partial charge in [0.1, 0.15) is 5.92 Å². The smallest absolute Gasteiger partial charge is 0.317 e. The van der Waals surface area contributed by atoms with Crippen molar-refractivity contribution in [1.29, 1.82) is 0 Å². The van der Waals surface area contributed by atoms with Crippen LogP contribution in [-0.2, 0) is 14.3 Å². The zero-order valence-corrected chi connectivity index (χ0v) is 11.6. The Bertz CT molecular complexity index is 229. The average Bonchev–Trinajstić information content (AvgIpc) is 2.27. The van der Waals surface area contributed by atoms with E-state index in [-0.39, 0.29) is 6.61 Å². The van der Waals surface area contributed by atoms with E-state index >= 15 is 0 Å². The van der Waals surface area contributed by atoms with Crippen molar-refractivity contribution in [2.75, 3.05) is 6.61 Å². The molecular formula is C13H23ClO3. The summed E-state index contributed by atoms with van der Waals surface area (Å²) < 4.78 is 4.82. The maximum absolute atomic E-state index is 11.4. The summed E-state index contributed by atoms with van der Waals surface area (Å²) in [6.45, 7) is 4.18. The molecule has 0 heterocycles. The highest BCUT2D eigenvalue weighted by atomic mass is 35.5. The Balaban J connectivity index is 3.78. The lowest BCUT2D eigenvalue weighted by Crippen LogP contribution is -2.23. The van der Waals surface area contributed by atoms with Crippen LogP contribution in [0.1, 0.15) is 58.8 Å². The van der Waals surface area contributed by atoms with Gasteiger partial charge in [0.25, 0.3) is 0 Å². The molecule has 100 valence electrons. The van der Waals surface area contributed by atoms with Crippen molar-refractivity contribution in [3.05, 3.63) is 0 Å². The summed E-state index contributed by atoms with van der Waals surface area (Å²) in [5.41, 5.74) is 0. The standard InChI is InChI=1S/C13H23ClO3/c1-3-5-6-7-8-9-10-11(12(14)15)13(16)17-4-2/h11H,3-10H2,1-2H3. The maximum atomic E-state index is 11.4. The molecule has 0 radical (unpaired) electrons. The molecule has 1 atom stereocenters. The molecule has 0 aliphatic carbocycles. The van der Waals surface area contributed by atoms with E-state index in [9.17, 15) is 9.59 Å². The second kappa shape index (κ2) is 10.6. The number of carbonyl (C=O) groups is 2. The van der Waals surface area contributed by atoms with Crippen LogP contribution in [0.2, 0.25) is 0 Å². The quantitative estimate of drug-likeness (QED) is 0.261. The van der Waals surface area contributed by atoms with Crippen molar-refractivity contribution in [2.45, 2.75) is 58.8 Å². The van der Waals surface area contributed by atoms with Gasteiger partial charge in [-0.2, -0.15) is 0 Å². The Hall–Kier alpha value is -0.570. The van der Waals surface area contributed by atoms with Gasteiger partial charge < -0.3 is 4.74 Å². The largest absolute Gasteiger partial charge is 0.465 e. The van der Waals surface area contributed by atoms with Gasteiger partial charge in [0.15, 0.2) is 0 Å². The first kappa shape index (κ1) is 16.4. The van der Waals surface area contributed by atoms with Gasteiger partial charge in [0.05, 0.1) is 6.61 Å². The van der Waals surface area contributed by atoms with Gasteiger partial charge in [0, 0.05) is 0 Å². The predicted octanol–water partition coefficient (Wildman–Crippen LogP) is 3.68. The molecule has 0 aromatic carbocycles. The van der Waals surface area contributed by atoms with Gasteiger partial charge in [0.2, 0.25) is 5.24 Å². The molecule has 0 fully saturated rings. The van der Waals surface area contributed by atoms with E-state index in [1.807, 2.05) is 0 Å². The third kappa shape index (κ3) is 8.19. The third-order valence-electron chi connectivity index (χ3n) is 2.69. The molecule has 0 aromatic heterocycles. The average molecular weight is 263 g/mol. The van der Waals surface area contributed by atoms with E-state index in [0.29, 0.717) is 6.42 Å². The Morgan fingerprint density at radius 3 is 2.18 bits per heavy atom. The Morgan fingerprint density at radius 2 is 1.65 bits per heavy atom. The maximum Gasteiger partial charge on any atom is 0.317 e. The van der Waals surface area contributed by atoms with Crippen LogP contribution in [0.3, 0.4) is 0 Å². The zero-order chi connectivity index (χ0) is 13.1. The van der Waals surface area contributed by atoms with Crippen LogP contribution in [0.25, 0.3) is 0 Å². The summed E-state index contributed by atoms with van der Waals surface area (Å²) in [5, 5.41) is -0.600. The molecule has 1 unspecified atom stereocenters. The first-order chi connectivity index (χ1) is 8.13. The molecule has 0 spiro atoms. The molecule has 0 saturated heterocycles. The van der Waals surface area contributed by atoms with E-state index < -0.39 is 17.1 Å². The fraction of sp³-hybridized carbons (Fsp3) is 0.846. The van der Waals surface area contributed by atoms with E-state index in [1.54, 1.807) is 6.92 Å². The number of esters is 1. The van der Waals surface area contributed by atoms with Crippen molar-refractivity contribution in [3.8, 4) is 0 Å². The molecule has 0 amide bonds. The van der Waals surface area contributed by atoms with Gasteiger partial charge in [-0.15, -0.1) is 0 Å². The van der Waals surface area contributed by atoms with Gasteiger partial charge in [-0.3, -0.25) is 9.59 Å². The minimum absolute atomic E-state index is 0.288. The van der Waals surface area contributed by atoms with Crippen LogP contribution in [0.15, 0.2) is 0 Å². The van der Waals surface area contributed by atoms with E-state index in [2.05, 4.69) is 6.92 Å². The summed E-state index contributed by atoms with van der Waals surface area (Å²) >= 11 is 5.40. The van der Waals surface area contributed by atoms with Crippen LogP contribution < -0.4 is 0 Å². The second-order valence-electron chi connectivity index (χ2n) is 4.17. The van der Waals surface area contributed by atoms with E-state index in [4.69, 9.17) is 16.3 Å². The minimum Gasteiger partial charge on any atom is -0.465 e. The van der Waals surface area contributed by atoms with Crippen LogP contribution in [0.5, 0.6) is 0 Å². The Labute approximate surface area is 109 Å². The first-order valence-electron chi connectivity index (χ1n) is 6.49. The zero-order valence-electron chi connectivity index (χ0n) is 10.8. The summed E-state index contributed by atoms with van der Waals surface area (Å²) in [5.74, 6) is -1.26. The highest BCUT2D eigenvalue weighted by Gasteiger charge is 2.25. The molecule has 0 saturated carbocycles. The molecule has 0 aliphatic rings. The van der Waals surface area contributed by atoms with Crippen molar-refractivity contribution in [3.63, 3.8) is 0 Å². The highest BCUT2D eigenvalue weighted by Crippen LogP contribution is 2.16. The highest BCUT2D eigenvalue weighted by molar-refractivity contribution is 6.65. The Kier molecular flexibility index (Phi) is 10.2. The first-order valence-corrected chi connectivity index (χ1v) is 6.87. The number of unbranched alkanes of at least 4 members (excludes halogenated alkanes) is 5. The van der Waals surface area contributed by atoms with Crippen molar-refractivity contribution >= 4 is 22.8 Å². The molecule has 0 N–H and O–H groups in total. The minimum atomic E-state index is -0.775. The molecular weight excluding hydrogens is 240 g/mol. The summed E-state index contributed by atoms with van der Waals surface area (Å²) in [6, 6.07) is 0. The number of hydrogen-bond acceptors (Lipinski definition) is 3. The number of rotatable bonds is 10. The number of ether oxygens (including phenoxy) is 1. The van der Waals surface area contributed by atoms with Crippen molar-refractivity contribution < 1.29 is 14.3 Å². The summed E-state index contributed by atoms with van der Waals surface area (Å²) in [4.78, 5) is 22.5. The number of carbonyl (C=O) groups excluding carboxylic acids is 2. The van der Waals surface area contributed by atoms with Gasteiger partial charge >= 0.3 is 5.97 Å². The van der Waals surface area contributed by atoms with Crippen LogP contribution in [0.4, 0.5) is 0 Å². The molecule has 0 aliphatic heterocycles. The normalized spacial score (nSPS) is 12.2. The van der Waals surface area contributed by atoms with Gasteiger partial charge in [-0.25, -0.2) is 0 Å². The molecule has 4 heteroatoms. The van der Waals surface area contributed by atoms with Crippen molar-refractivity contribution in [2.24, 2.45) is 5.92 Å². The van der Waals surface area contributed by atoms with Crippen LogP contribution >= 0.6 is 11.6 Å².